The first kappa shape index (κ1) is 27.4. The molecule has 0 radical (unpaired) electrons. The molecule has 1 N–H and O–H groups in total. The molecule has 39 heavy (non-hydrogen) atoms. The second kappa shape index (κ2) is 11.9. The van der Waals surface area contributed by atoms with Gasteiger partial charge in [-0.25, -0.2) is 4.79 Å². The van der Waals surface area contributed by atoms with Crippen LogP contribution in [0.15, 0.2) is 101 Å². The Bertz CT molecular complexity index is 1410. The number of carbonyl (C=O) groups excluding carboxylic acids is 2. The smallest absolute Gasteiger partial charge is 0.407 e. The number of allylic oxidation sites excluding steroid dienone is 1. The Hall–Kier alpha value is -4.59. The van der Waals surface area contributed by atoms with Crippen LogP contribution >= 0.6 is 0 Å². The van der Waals surface area contributed by atoms with Crippen molar-refractivity contribution < 1.29 is 14.3 Å². The predicted molar refractivity (Wildman–Crippen MR) is 154 cm³/mol. The van der Waals surface area contributed by atoms with Crippen LogP contribution < -0.4 is 10.3 Å². The van der Waals surface area contributed by atoms with Crippen molar-refractivity contribution in [1.29, 1.82) is 0 Å². The van der Waals surface area contributed by atoms with Crippen molar-refractivity contribution in [1.82, 2.24) is 5.32 Å². The average Bonchev–Trinajstić information content (AvgIpc) is 3.21. The lowest BCUT2D eigenvalue weighted by molar-refractivity contribution is -0.117. The van der Waals surface area contributed by atoms with E-state index in [0.29, 0.717) is 23.5 Å². The van der Waals surface area contributed by atoms with Gasteiger partial charge in [0.1, 0.15) is 0 Å². The van der Waals surface area contributed by atoms with Crippen molar-refractivity contribution in [2.75, 3.05) is 11.6 Å². The van der Waals surface area contributed by atoms with Gasteiger partial charge in [-0.1, -0.05) is 60.7 Å². The van der Waals surface area contributed by atoms with Gasteiger partial charge in [0.05, 0.1) is 29.2 Å². The molecule has 0 aromatic heterocycles. The summed E-state index contributed by atoms with van der Waals surface area (Å²) in [5.41, 5.74) is 5.26. The van der Waals surface area contributed by atoms with Crippen LogP contribution in [0.1, 0.15) is 44.4 Å². The van der Waals surface area contributed by atoms with Gasteiger partial charge in [-0.15, -0.1) is 0 Å². The summed E-state index contributed by atoms with van der Waals surface area (Å²) in [5.74, 6) is -0.235. The molecule has 0 bridgehead atoms. The molecule has 1 aliphatic rings. The average molecular weight is 524 g/mol. The number of alkyl carbamates (subject to hydrolysis) is 1. The lowest BCUT2D eigenvalue weighted by atomic mass is 9.92. The lowest BCUT2D eigenvalue weighted by Crippen LogP contribution is -2.41. The van der Waals surface area contributed by atoms with Crippen molar-refractivity contribution in [3.63, 3.8) is 0 Å². The van der Waals surface area contributed by atoms with Crippen LogP contribution in [0.5, 0.6) is 0 Å². The highest BCUT2D eigenvalue weighted by atomic mass is 16.5. The summed E-state index contributed by atoms with van der Waals surface area (Å²) in [4.78, 5) is 25.2. The normalized spacial score (nSPS) is 15.4. The summed E-state index contributed by atoms with van der Waals surface area (Å²) >= 11 is 0. The fraction of sp³-hybridized carbons (Fsp3) is 0.258. The summed E-state index contributed by atoms with van der Waals surface area (Å²) in [7, 11) is 0. The molecule has 0 aliphatic carbocycles. The first-order chi connectivity index (χ1) is 18.6. The second-order valence-corrected chi connectivity index (χ2v) is 10.0. The zero-order chi connectivity index (χ0) is 28.0. The van der Waals surface area contributed by atoms with Crippen LogP contribution in [-0.2, 0) is 21.5 Å². The number of nitrogens with zero attached hydrogens (tertiary/aromatic N) is 4. The van der Waals surface area contributed by atoms with Gasteiger partial charge in [-0.3, -0.25) is 4.79 Å². The highest BCUT2D eigenvalue weighted by Crippen LogP contribution is 2.25. The Labute approximate surface area is 229 Å². The van der Waals surface area contributed by atoms with Gasteiger partial charge in [0.15, 0.2) is 6.04 Å². The van der Waals surface area contributed by atoms with Gasteiger partial charge in [0, 0.05) is 6.42 Å². The molecule has 1 heterocycles. The van der Waals surface area contributed by atoms with E-state index in [9.17, 15) is 9.59 Å². The third-order valence-electron chi connectivity index (χ3n) is 6.44. The highest BCUT2D eigenvalue weighted by Gasteiger charge is 2.34. The number of para-hydroxylation sites is 1. The van der Waals surface area contributed by atoms with E-state index in [4.69, 9.17) is 4.74 Å². The third-order valence-corrected chi connectivity index (χ3v) is 6.44. The molecular formula is C31H33N5O3. The highest BCUT2D eigenvalue weighted by molar-refractivity contribution is 6.18. The number of ether oxygens (including phenoxy) is 1. The number of rotatable bonds is 9. The molecule has 2 amide bonds. The van der Waals surface area contributed by atoms with E-state index >= 15 is 0 Å². The molecule has 8 nitrogen and oxygen atoms in total. The van der Waals surface area contributed by atoms with Crippen LogP contribution in [0.4, 0.5) is 16.2 Å². The number of hydrazone groups is 1. The molecule has 3 aromatic rings. The Morgan fingerprint density at radius 2 is 1.79 bits per heavy atom. The molecule has 0 spiro atoms. The van der Waals surface area contributed by atoms with Crippen molar-refractivity contribution in [2.24, 2.45) is 15.3 Å². The van der Waals surface area contributed by atoms with E-state index in [2.05, 4.69) is 27.2 Å². The van der Waals surface area contributed by atoms with Crippen LogP contribution in [0.25, 0.3) is 5.57 Å². The molecule has 1 aliphatic heterocycles. The van der Waals surface area contributed by atoms with Crippen LogP contribution in [-0.4, -0.2) is 30.4 Å². The van der Waals surface area contributed by atoms with Crippen molar-refractivity contribution in [3.05, 3.63) is 102 Å². The SMILES string of the molecule is C=C(C)c1cccc(C(C)(C)NC(=O)OCCc2ccc(N=NC3C(=O)N(c4ccccc4)N=C3C)cc2)c1. The van der Waals surface area contributed by atoms with Gasteiger partial charge in [-0.05, 0) is 74.7 Å². The number of hydrogen-bond donors (Lipinski definition) is 1. The van der Waals surface area contributed by atoms with Crippen LogP contribution in [0.3, 0.4) is 0 Å². The first-order valence-corrected chi connectivity index (χ1v) is 12.8. The van der Waals surface area contributed by atoms with E-state index in [1.165, 1.54) is 5.01 Å². The molecular weight excluding hydrogens is 490 g/mol. The van der Waals surface area contributed by atoms with E-state index < -0.39 is 17.7 Å². The minimum atomic E-state index is -0.746. The van der Waals surface area contributed by atoms with Crippen molar-refractivity contribution >= 4 is 34.7 Å². The number of amides is 2. The van der Waals surface area contributed by atoms with Crippen molar-refractivity contribution in [3.8, 4) is 0 Å². The largest absolute Gasteiger partial charge is 0.449 e. The number of anilines is 1. The number of azo groups is 1. The monoisotopic (exact) mass is 523 g/mol. The third kappa shape index (κ3) is 6.84. The molecule has 0 saturated heterocycles. The number of nitrogens with one attached hydrogen (secondary N) is 1. The topological polar surface area (TPSA) is 95.7 Å². The summed E-state index contributed by atoms with van der Waals surface area (Å²) in [5, 5.41) is 17.1. The summed E-state index contributed by atoms with van der Waals surface area (Å²) in [6.45, 7) is 11.8. The lowest BCUT2D eigenvalue weighted by Gasteiger charge is -2.27. The molecule has 4 rings (SSSR count). The number of carbonyl (C=O) groups is 2. The fourth-order valence-corrected chi connectivity index (χ4v) is 4.10. The van der Waals surface area contributed by atoms with Gasteiger partial charge < -0.3 is 10.1 Å². The maximum atomic E-state index is 12.8. The molecule has 200 valence electrons. The summed E-state index contributed by atoms with van der Waals surface area (Å²) in [6.07, 6.45) is 0.0731. The molecule has 0 saturated carbocycles. The number of benzene rings is 3. The predicted octanol–water partition coefficient (Wildman–Crippen LogP) is 6.80. The minimum Gasteiger partial charge on any atom is -0.449 e. The minimum absolute atomic E-state index is 0.232. The van der Waals surface area contributed by atoms with Gasteiger partial charge >= 0.3 is 6.09 Å². The quantitative estimate of drug-likeness (QED) is 0.313. The maximum absolute atomic E-state index is 12.8. The molecule has 3 aromatic carbocycles. The van der Waals surface area contributed by atoms with Crippen molar-refractivity contribution in [2.45, 2.75) is 45.7 Å². The molecule has 1 unspecified atom stereocenters. The maximum Gasteiger partial charge on any atom is 0.407 e. The van der Waals surface area contributed by atoms with Crippen LogP contribution in [0, 0.1) is 0 Å². The standard InChI is InChI=1S/C31H33N5O3/c1-21(2)24-10-9-11-25(20-24)31(4,5)32-30(38)39-19-18-23-14-16-26(17-15-23)33-34-28-22(3)35-36(29(28)37)27-12-7-6-8-13-27/h6-17,20,28H,1,18-19H2,2-5H3,(H,32,38). The van der Waals surface area contributed by atoms with E-state index in [0.717, 1.165) is 22.3 Å². The van der Waals surface area contributed by atoms with E-state index in [-0.39, 0.29) is 12.5 Å². The number of hydrogen-bond acceptors (Lipinski definition) is 6. The van der Waals surface area contributed by atoms with E-state index in [1.807, 2.05) is 99.6 Å². The Morgan fingerprint density at radius 3 is 2.49 bits per heavy atom. The summed E-state index contributed by atoms with van der Waals surface area (Å²) in [6, 6.07) is 23.9. The Morgan fingerprint density at radius 1 is 1.08 bits per heavy atom. The van der Waals surface area contributed by atoms with Gasteiger partial charge in [0.2, 0.25) is 0 Å². The molecule has 0 fully saturated rings. The Kier molecular flexibility index (Phi) is 8.34. The van der Waals surface area contributed by atoms with Gasteiger partial charge in [-0.2, -0.15) is 20.3 Å². The zero-order valence-corrected chi connectivity index (χ0v) is 22.7. The zero-order valence-electron chi connectivity index (χ0n) is 22.7. The molecule has 8 heteroatoms. The Balaban J connectivity index is 1.27. The second-order valence-electron chi connectivity index (χ2n) is 10.0. The first-order valence-electron chi connectivity index (χ1n) is 12.8. The van der Waals surface area contributed by atoms with E-state index in [1.54, 1.807) is 6.92 Å². The van der Waals surface area contributed by atoms with Gasteiger partial charge in [0.25, 0.3) is 5.91 Å². The summed E-state index contributed by atoms with van der Waals surface area (Å²) < 4.78 is 5.43. The fourth-order valence-electron chi connectivity index (χ4n) is 4.10. The molecule has 1 atom stereocenters. The van der Waals surface area contributed by atoms with Crippen LogP contribution in [0.2, 0.25) is 0 Å².